The normalized spacial score (nSPS) is 18.2. The average molecular weight is 344 g/mol. The Bertz CT molecular complexity index is 769. The predicted octanol–water partition coefficient (Wildman–Crippen LogP) is 2.98. The maximum atomic E-state index is 12.8. The Morgan fingerprint density at radius 1 is 1.29 bits per heavy atom. The number of rotatable bonds is 5. The van der Waals surface area contributed by atoms with Crippen molar-refractivity contribution in [3.05, 3.63) is 36.0 Å². The number of benzene rings is 1. The number of nitrogens with zero attached hydrogens (tertiary/aromatic N) is 3. The van der Waals surface area contributed by atoms with Gasteiger partial charge in [0, 0.05) is 24.5 Å². The van der Waals surface area contributed by atoms with Gasteiger partial charge in [0.15, 0.2) is 0 Å². The first-order chi connectivity index (χ1) is 11.5. The van der Waals surface area contributed by atoms with E-state index in [0.29, 0.717) is 12.2 Å². The minimum Gasteiger partial charge on any atom is -0.360 e. The van der Waals surface area contributed by atoms with E-state index >= 15 is 0 Å². The molecular weight excluding hydrogens is 324 g/mol. The van der Waals surface area contributed by atoms with E-state index in [4.69, 9.17) is 10.5 Å². The molecule has 7 heteroatoms. The van der Waals surface area contributed by atoms with E-state index in [1.807, 2.05) is 6.92 Å². The third kappa shape index (κ3) is 3.94. The molecule has 1 aromatic rings. The molecule has 1 aromatic carbocycles. The van der Waals surface area contributed by atoms with Crippen LogP contribution < -0.4 is 5.32 Å². The largest absolute Gasteiger partial charge is 0.360 e. The van der Waals surface area contributed by atoms with E-state index in [1.165, 1.54) is 6.20 Å². The quantitative estimate of drug-likeness (QED) is 0.828. The summed E-state index contributed by atoms with van der Waals surface area (Å²) in [5, 5.41) is 20.2. The molecule has 24 heavy (non-hydrogen) atoms. The highest BCUT2D eigenvalue weighted by atomic mass is 32.2. The Labute approximate surface area is 143 Å². The first-order valence-corrected chi connectivity index (χ1v) is 9.35. The van der Waals surface area contributed by atoms with Crippen LogP contribution in [-0.2, 0) is 10.0 Å². The maximum Gasteiger partial charge on any atom is 0.243 e. The van der Waals surface area contributed by atoms with Gasteiger partial charge in [0.1, 0.15) is 17.7 Å². The van der Waals surface area contributed by atoms with E-state index in [-0.39, 0.29) is 16.5 Å². The fraction of sp³-hybridized carbons (Fsp3) is 0.412. The maximum absolute atomic E-state index is 12.8. The van der Waals surface area contributed by atoms with Gasteiger partial charge < -0.3 is 5.32 Å². The molecule has 0 saturated carbocycles. The molecule has 0 amide bonds. The fourth-order valence-electron chi connectivity index (χ4n) is 2.80. The minimum atomic E-state index is -3.50. The number of sulfonamides is 1. The van der Waals surface area contributed by atoms with Crippen LogP contribution in [0.15, 0.2) is 40.9 Å². The number of hydrogen-bond donors (Lipinski definition) is 1. The van der Waals surface area contributed by atoms with Gasteiger partial charge in [0.2, 0.25) is 10.0 Å². The summed E-state index contributed by atoms with van der Waals surface area (Å²) < 4.78 is 27.3. The van der Waals surface area contributed by atoms with Crippen molar-refractivity contribution < 1.29 is 8.42 Å². The van der Waals surface area contributed by atoms with Gasteiger partial charge in [-0.25, -0.2) is 8.42 Å². The molecule has 0 spiro atoms. The lowest BCUT2D eigenvalue weighted by atomic mass is 10.0. The third-order valence-corrected chi connectivity index (χ3v) is 6.10. The van der Waals surface area contributed by atoms with Crippen LogP contribution in [0, 0.1) is 22.7 Å². The van der Waals surface area contributed by atoms with Gasteiger partial charge >= 0.3 is 0 Å². The summed E-state index contributed by atoms with van der Waals surface area (Å²) in [7, 11) is -3.50. The van der Waals surface area contributed by atoms with Crippen molar-refractivity contribution in [3.8, 4) is 12.1 Å². The molecule has 1 aliphatic rings. The van der Waals surface area contributed by atoms with E-state index in [1.54, 1.807) is 40.7 Å². The smallest absolute Gasteiger partial charge is 0.243 e. The number of anilines is 1. The summed E-state index contributed by atoms with van der Waals surface area (Å²) in [5.74, 6) is 0. The van der Waals surface area contributed by atoms with Crippen LogP contribution in [-0.4, -0.2) is 25.3 Å². The summed E-state index contributed by atoms with van der Waals surface area (Å²) in [6.45, 7) is 2.58. The van der Waals surface area contributed by atoms with Crippen molar-refractivity contribution in [2.24, 2.45) is 0 Å². The number of nitriles is 2. The van der Waals surface area contributed by atoms with Crippen LogP contribution in [0.2, 0.25) is 0 Å². The summed E-state index contributed by atoms with van der Waals surface area (Å²) >= 11 is 0. The Balaban J connectivity index is 2.19. The summed E-state index contributed by atoms with van der Waals surface area (Å²) in [5.41, 5.74) is 0.563. The van der Waals surface area contributed by atoms with Gasteiger partial charge in [0.25, 0.3) is 0 Å². The van der Waals surface area contributed by atoms with Crippen LogP contribution in [0.5, 0.6) is 0 Å². The van der Waals surface area contributed by atoms with Crippen LogP contribution >= 0.6 is 0 Å². The van der Waals surface area contributed by atoms with Gasteiger partial charge in [-0.15, -0.1) is 0 Å². The topological polar surface area (TPSA) is 97.0 Å². The van der Waals surface area contributed by atoms with Crippen LogP contribution in [0.25, 0.3) is 0 Å². The molecule has 1 aliphatic heterocycles. The zero-order chi connectivity index (χ0) is 17.6. The molecule has 0 aromatic heterocycles. The zero-order valence-corrected chi connectivity index (χ0v) is 14.4. The molecule has 1 heterocycles. The average Bonchev–Trinajstić information content (AvgIpc) is 2.63. The Hall–Kier alpha value is -2.35. The molecule has 1 atom stereocenters. The van der Waals surface area contributed by atoms with Crippen molar-refractivity contribution in [2.75, 3.05) is 11.9 Å². The van der Waals surface area contributed by atoms with Gasteiger partial charge in [-0.1, -0.05) is 13.3 Å². The highest BCUT2D eigenvalue weighted by Crippen LogP contribution is 2.27. The van der Waals surface area contributed by atoms with E-state index < -0.39 is 10.0 Å². The summed E-state index contributed by atoms with van der Waals surface area (Å²) in [6.07, 6.45) is 4.98. The van der Waals surface area contributed by atoms with Crippen molar-refractivity contribution in [3.63, 3.8) is 0 Å². The van der Waals surface area contributed by atoms with Gasteiger partial charge in [0.05, 0.1) is 4.90 Å². The minimum absolute atomic E-state index is 0.0502. The molecule has 0 bridgehead atoms. The first kappa shape index (κ1) is 18.0. The number of piperidine rings is 1. The second kappa shape index (κ2) is 7.96. The number of allylic oxidation sites excluding steroid dienone is 1. The number of nitrogens with one attached hydrogen (secondary N) is 1. The Kier molecular flexibility index (Phi) is 5.97. The first-order valence-electron chi connectivity index (χ1n) is 7.91. The fourth-order valence-corrected chi connectivity index (χ4v) is 4.57. The molecule has 1 N–H and O–H groups in total. The predicted molar refractivity (Wildman–Crippen MR) is 91.2 cm³/mol. The van der Waals surface area contributed by atoms with Crippen LogP contribution in [0.1, 0.15) is 32.6 Å². The molecule has 126 valence electrons. The van der Waals surface area contributed by atoms with Crippen molar-refractivity contribution in [1.82, 2.24) is 4.31 Å². The lowest BCUT2D eigenvalue weighted by Gasteiger charge is -2.34. The van der Waals surface area contributed by atoms with E-state index in [0.717, 1.165) is 25.7 Å². The second-order valence-corrected chi connectivity index (χ2v) is 7.51. The molecule has 1 unspecified atom stereocenters. The van der Waals surface area contributed by atoms with Crippen molar-refractivity contribution in [2.45, 2.75) is 43.5 Å². The van der Waals surface area contributed by atoms with E-state index in [9.17, 15) is 8.42 Å². The van der Waals surface area contributed by atoms with Gasteiger partial charge in [-0.3, -0.25) is 0 Å². The SMILES string of the molecule is CCC1CCCCN1S(=O)(=O)c1ccc(NC=C(C#N)C#N)cc1. The Morgan fingerprint density at radius 3 is 2.54 bits per heavy atom. The lowest BCUT2D eigenvalue weighted by Crippen LogP contribution is -2.43. The molecule has 2 rings (SSSR count). The van der Waals surface area contributed by atoms with Crippen molar-refractivity contribution >= 4 is 15.7 Å². The lowest BCUT2D eigenvalue weighted by molar-refractivity contribution is 0.246. The highest BCUT2D eigenvalue weighted by Gasteiger charge is 2.32. The standard InChI is InChI=1S/C17H20N4O2S/c1-2-16-5-3-4-10-21(16)24(22,23)17-8-6-15(7-9-17)20-13-14(11-18)12-19/h6-9,13,16,20H,2-5,10H2,1H3. The van der Waals surface area contributed by atoms with Gasteiger partial charge in [-0.05, 0) is 43.5 Å². The second-order valence-electron chi connectivity index (χ2n) is 5.62. The summed E-state index contributed by atoms with van der Waals surface area (Å²) in [4.78, 5) is 0.262. The molecule has 0 radical (unpaired) electrons. The van der Waals surface area contributed by atoms with Crippen LogP contribution in [0.4, 0.5) is 5.69 Å². The van der Waals surface area contributed by atoms with Gasteiger partial charge in [-0.2, -0.15) is 14.8 Å². The monoisotopic (exact) mass is 344 g/mol. The van der Waals surface area contributed by atoms with Crippen LogP contribution in [0.3, 0.4) is 0 Å². The summed E-state index contributed by atoms with van der Waals surface area (Å²) in [6, 6.07) is 9.91. The Morgan fingerprint density at radius 2 is 1.96 bits per heavy atom. The third-order valence-electron chi connectivity index (χ3n) is 4.13. The molecule has 1 fully saturated rings. The van der Waals surface area contributed by atoms with E-state index in [2.05, 4.69) is 5.32 Å². The number of hydrogen-bond acceptors (Lipinski definition) is 5. The molecule has 6 nitrogen and oxygen atoms in total. The van der Waals surface area contributed by atoms with Crippen molar-refractivity contribution in [1.29, 1.82) is 10.5 Å². The zero-order valence-electron chi connectivity index (χ0n) is 13.6. The highest BCUT2D eigenvalue weighted by molar-refractivity contribution is 7.89. The molecule has 1 saturated heterocycles. The molecule has 0 aliphatic carbocycles. The molecular formula is C17H20N4O2S.